The molecule has 3 nitrogen and oxygen atoms in total. The van der Waals surface area contributed by atoms with Gasteiger partial charge in [-0.05, 0) is 43.7 Å². The highest BCUT2D eigenvalue weighted by molar-refractivity contribution is 6.31. The molecule has 1 atom stereocenters. The monoisotopic (exact) mass is 290 g/mol. The molecule has 4 heteroatoms. The Bertz CT molecular complexity index is 560. The second kappa shape index (κ2) is 7.27. The number of nitrogens with zero attached hydrogens (tertiary/aromatic N) is 1. The summed E-state index contributed by atoms with van der Waals surface area (Å²) in [6.45, 7) is 2.60. The Labute approximate surface area is 124 Å². The smallest absolute Gasteiger partial charge is 0.137 e. The first-order valence-electron chi connectivity index (χ1n) is 6.73. The molecule has 20 heavy (non-hydrogen) atoms. The zero-order valence-corrected chi connectivity index (χ0v) is 12.5. The van der Waals surface area contributed by atoms with Crippen LogP contribution in [0.3, 0.4) is 0 Å². The van der Waals surface area contributed by atoms with Crippen LogP contribution in [0.2, 0.25) is 5.02 Å². The molecule has 106 valence electrons. The molecule has 0 aliphatic rings. The molecule has 2 rings (SSSR count). The van der Waals surface area contributed by atoms with Gasteiger partial charge in [0.2, 0.25) is 0 Å². The molecule has 1 unspecified atom stereocenters. The van der Waals surface area contributed by atoms with Crippen molar-refractivity contribution in [2.75, 3.05) is 13.7 Å². The first-order chi connectivity index (χ1) is 9.74. The van der Waals surface area contributed by atoms with Crippen molar-refractivity contribution in [2.24, 2.45) is 0 Å². The molecule has 0 fully saturated rings. The third-order valence-corrected chi connectivity index (χ3v) is 3.55. The van der Waals surface area contributed by atoms with Gasteiger partial charge in [-0.25, -0.2) is 0 Å². The van der Waals surface area contributed by atoms with Crippen molar-refractivity contribution < 1.29 is 4.74 Å². The van der Waals surface area contributed by atoms with Gasteiger partial charge in [-0.15, -0.1) is 0 Å². The van der Waals surface area contributed by atoms with Crippen LogP contribution in [0.1, 0.15) is 24.1 Å². The second-order valence-electron chi connectivity index (χ2n) is 4.52. The summed E-state index contributed by atoms with van der Waals surface area (Å²) in [4.78, 5) is 4.24. The molecular formula is C16H19ClN2O. The van der Waals surface area contributed by atoms with Crippen molar-refractivity contribution in [2.45, 2.75) is 19.4 Å². The SMILES string of the molecule is CCOc1cncc(C(Cc2ccccc2Cl)NC)c1. The zero-order chi connectivity index (χ0) is 14.4. The van der Waals surface area contributed by atoms with E-state index < -0.39 is 0 Å². The first-order valence-corrected chi connectivity index (χ1v) is 7.10. The lowest BCUT2D eigenvalue weighted by Gasteiger charge is -2.18. The maximum atomic E-state index is 6.23. The van der Waals surface area contributed by atoms with Crippen LogP contribution in [0.5, 0.6) is 5.75 Å². The normalized spacial score (nSPS) is 12.2. The molecule has 2 aromatic rings. The Balaban J connectivity index is 2.20. The minimum Gasteiger partial charge on any atom is -0.492 e. The van der Waals surface area contributed by atoms with Gasteiger partial charge >= 0.3 is 0 Å². The topological polar surface area (TPSA) is 34.1 Å². The maximum Gasteiger partial charge on any atom is 0.137 e. The van der Waals surface area contributed by atoms with Gasteiger partial charge in [-0.1, -0.05) is 29.8 Å². The standard InChI is InChI=1S/C16H19ClN2O/c1-3-20-14-8-13(10-19-11-14)16(18-2)9-12-6-4-5-7-15(12)17/h4-8,10-11,16,18H,3,9H2,1-2H3. The number of halogens is 1. The van der Waals surface area contributed by atoms with Crippen LogP contribution in [0.15, 0.2) is 42.7 Å². The summed E-state index contributed by atoms with van der Waals surface area (Å²) >= 11 is 6.23. The van der Waals surface area contributed by atoms with Gasteiger partial charge in [0, 0.05) is 17.3 Å². The van der Waals surface area contributed by atoms with Crippen LogP contribution < -0.4 is 10.1 Å². The molecule has 0 aliphatic carbocycles. The van der Waals surface area contributed by atoms with Crippen molar-refractivity contribution in [3.05, 3.63) is 58.9 Å². The molecule has 1 heterocycles. The Kier molecular flexibility index (Phi) is 5.39. The fourth-order valence-electron chi connectivity index (χ4n) is 2.14. The van der Waals surface area contributed by atoms with E-state index in [2.05, 4.69) is 10.3 Å². The molecule has 1 N–H and O–H groups in total. The van der Waals surface area contributed by atoms with Gasteiger partial charge in [0.1, 0.15) is 5.75 Å². The zero-order valence-electron chi connectivity index (χ0n) is 11.8. The molecule has 0 amide bonds. The van der Waals surface area contributed by atoms with E-state index in [1.807, 2.05) is 50.5 Å². The van der Waals surface area contributed by atoms with E-state index in [1.54, 1.807) is 6.20 Å². The minimum absolute atomic E-state index is 0.155. The number of ether oxygens (including phenoxy) is 1. The van der Waals surface area contributed by atoms with Crippen molar-refractivity contribution in [3.8, 4) is 5.75 Å². The van der Waals surface area contributed by atoms with Crippen molar-refractivity contribution in [3.63, 3.8) is 0 Å². The first kappa shape index (κ1) is 14.8. The van der Waals surface area contributed by atoms with Crippen LogP contribution in [0.25, 0.3) is 0 Å². The number of likely N-dealkylation sites (N-methyl/N-ethyl adjacent to an activating group) is 1. The van der Waals surface area contributed by atoms with Gasteiger partial charge in [-0.2, -0.15) is 0 Å². The Hall–Kier alpha value is -1.58. The quantitative estimate of drug-likeness (QED) is 0.882. The van der Waals surface area contributed by atoms with Crippen molar-refractivity contribution in [1.82, 2.24) is 10.3 Å². The predicted octanol–water partition coefficient (Wildman–Crippen LogP) is 3.64. The van der Waals surface area contributed by atoms with Gasteiger partial charge in [-0.3, -0.25) is 4.98 Å². The molecule has 0 spiro atoms. The third kappa shape index (κ3) is 3.71. The number of rotatable bonds is 6. The lowest BCUT2D eigenvalue weighted by molar-refractivity contribution is 0.338. The minimum atomic E-state index is 0.155. The number of hydrogen-bond acceptors (Lipinski definition) is 3. The Morgan fingerprint density at radius 1 is 1.30 bits per heavy atom. The highest BCUT2D eigenvalue weighted by Gasteiger charge is 2.13. The lowest BCUT2D eigenvalue weighted by Crippen LogP contribution is -2.19. The molecule has 1 aromatic carbocycles. The number of nitrogens with one attached hydrogen (secondary N) is 1. The summed E-state index contributed by atoms with van der Waals surface area (Å²) in [6.07, 6.45) is 4.41. The summed E-state index contributed by atoms with van der Waals surface area (Å²) in [6, 6.07) is 10.1. The summed E-state index contributed by atoms with van der Waals surface area (Å²) in [7, 11) is 1.94. The summed E-state index contributed by atoms with van der Waals surface area (Å²) in [5.74, 6) is 0.796. The molecule has 0 aliphatic heterocycles. The van der Waals surface area contributed by atoms with Crippen LogP contribution in [0, 0.1) is 0 Å². The van der Waals surface area contributed by atoms with Gasteiger partial charge < -0.3 is 10.1 Å². The van der Waals surface area contributed by atoms with Gasteiger partial charge in [0.15, 0.2) is 0 Å². The summed E-state index contributed by atoms with van der Waals surface area (Å²) in [5, 5.41) is 4.10. The lowest BCUT2D eigenvalue weighted by atomic mass is 10.0. The number of pyridine rings is 1. The van der Waals surface area contributed by atoms with Crippen molar-refractivity contribution in [1.29, 1.82) is 0 Å². The highest BCUT2D eigenvalue weighted by atomic mass is 35.5. The van der Waals surface area contributed by atoms with E-state index in [0.717, 1.165) is 28.3 Å². The van der Waals surface area contributed by atoms with E-state index in [1.165, 1.54) is 0 Å². The molecule has 0 radical (unpaired) electrons. The molecule has 0 saturated carbocycles. The van der Waals surface area contributed by atoms with Crippen LogP contribution in [-0.4, -0.2) is 18.6 Å². The third-order valence-electron chi connectivity index (χ3n) is 3.18. The van der Waals surface area contributed by atoms with E-state index in [0.29, 0.717) is 6.61 Å². The van der Waals surface area contributed by atoms with E-state index >= 15 is 0 Å². The Morgan fingerprint density at radius 2 is 2.10 bits per heavy atom. The number of hydrogen-bond donors (Lipinski definition) is 1. The fourth-order valence-corrected chi connectivity index (χ4v) is 2.36. The van der Waals surface area contributed by atoms with E-state index in [-0.39, 0.29) is 6.04 Å². The van der Waals surface area contributed by atoms with E-state index in [4.69, 9.17) is 16.3 Å². The summed E-state index contributed by atoms with van der Waals surface area (Å²) in [5.41, 5.74) is 2.22. The molecule has 0 saturated heterocycles. The van der Waals surface area contributed by atoms with Crippen LogP contribution >= 0.6 is 11.6 Å². The van der Waals surface area contributed by atoms with Crippen LogP contribution in [0.4, 0.5) is 0 Å². The number of aromatic nitrogens is 1. The van der Waals surface area contributed by atoms with Crippen LogP contribution in [-0.2, 0) is 6.42 Å². The van der Waals surface area contributed by atoms with Gasteiger partial charge in [0.25, 0.3) is 0 Å². The average Bonchev–Trinajstić information content (AvgIpc) is 2.47. The predicted molar refractivity (Wildman–Crippen MR) is 82.4 cm³/mol. The molecule has 0 bridgehead atoms. The fraction of sp³-hybridized carbons (Fsp3) is 0.312. The largest absolute Gasteiger partial charge is 0.492 e. The average molecular weight is 291 g/mol. The van der Waals surface area contributed by atoms with Gasteiger partial charge in [0.05, 0.1) is 12.8 Å². The number of benzene rings is 1. The van der Waals surface area contributed by atoms with E-state index in [9.17, 15) is 0 Å². The molecule has 1 aromatic heterocycles. The maximum absolute atomic E-state index is 6.23. The highest BCUT2D eigenvalue weighted by Crippen LogP contribution is 2.24. The Morgan fingerprint density at radius 3 is 2.80 bits per heavy atom. The molecular weight excluding hydrogens is 272 g/mol. The second-order valence-corrected chi connectivity index (χ2v) is 4.93. The van der Waals surface area contributed by atoms with Crippen molar-refractivity contribution >= 4 is 11.6 Å². The summed E-state index contributed by atoms with van der Waals surface area (Å²) < 4.78 is 5.50.